The van der Waals surface area contributed by atoms with Crippen molar-refractivity contribution < 1.29 is 19.4 Å². The summed E-state index contributed by atoms with van der Waals surface area (Å²) < 4.78 is 13.2. The molecule has 4 saturated heterocycles. The normalized spacial score (nSPS) is 21.2. The number of nitrogens with zero attached hydrogens (tertiary/aromatic N) is 7. The number of hydrogen-bond donors (Lipinski definition) is 1. The maximum atomic E-state index is 12.7. The molecule has 40 heavy (non-hydrogen) atoms. The highest BCUT2D eigenvalue weighted by molar-refractivity contribution is 5.85. The zero-order valence-electron chi connectivity index (χ0n) is 23.0. The fourth-order valence-corrected chi connectivity index (χ4v) is 5.99. The first kappa shape index (κ1) is 26.5. The summed E-state index contributed by atoms with van der Waals surface area (Å²) >= 11 is 0. The Morgan fingerprint density at radius 2 is 2.00 bits per heavy atom. The highest BCUT2D eigenvalue weighted by atomic mass is 16.5. The predicted molar refractivity (Wildman–Crippen MR) is 148 cm³/mol. The molecule has 4 aliphatic heterocycles. The lowest BCUT2D eigenvalue weighted by atomic mass is 9.86. The van der Waals surface area contributed by atoms with Crippen molar-refractivity contribution in [1.82, 2.24) is 24.4 Å². The van der Waals surface area contributed by atoms with E-state index >= 15 is 0 Å². The molecule has 2 atom stereocenters. The second kappa shape index (κ2) is 10.7. The number of piperidine rings is 1. The summed E-state index contributed by atoms with van der Waals surface area (Å²) in [5.41, 5.74) is 1.91. The second-order valence-corrected chi connectivity index (χ2v) is 11.5. The van der Waals surface area contributed by atoms with Crippen molar-refractivity contribution in [2.45, 2.75) is 44.4 Å². The van der Waals surface area contributed by atoms with E-state index in [1.807, 2.05) is 35.5 Å². The minimum Gasteiger partial charge on any atom is -0.491 e. The molecule has 0 aliphatic carbocycles. The Bertz CT molecular complexity index is 1410. The SMILES string of the molecule is CC(C)(O)CC(=O)N1C2CC1CN(c1ccc(-c3cc(OCCN4CCOCC4)cn4ncc(C#N)c34)cn1)C2. The molecule has 1 N–H and O–H groups in total. The van der Waals surface area contributed by atoms with E-state index in [9.17, 15) is 15.2 Å². The molecule has 210 valence electrons. The minimum atomic E-state index is -1.00. The van der Waals surface area contributed by atoms with Gasteiger partial charge in [-0.15, -0.1) is 0 Å². The third-order valence-corrected chi connectivity index (χ3v) is 7.93. The van der Waals surface area contributed by atoms with E-state index in [4.69, 9.17) is 14.5 Å². The van der Waals surface area contributed by atoms with Crippen molar-refractivity contribution in [2.75, 3.05) is 57.4 Å². The van der Waals surface area contributed by atoms with E-state index in [1.54, 1.807) is 24.6 Å². The molecule has 2 bridgehead atoms. The Morgan fingerprint density at radius 3 is 2.67 bits per heavy atom. The van der Waals surface area contributed by atoms with Crippen molar-refractivity contribution in [3.63, 3.8) is 0 Å². The van der Waals surface area contributed by atoms with Gasteiger partial charge in [-0.3, -0.25) is 9.69 Å². The number of fused-ring (bicyclic) bond motifs is 3. The third kappa shape index (κ3) is 5.35. The van der Waals surface area contributed by atoms with Gasteiger partial charge in [0.15, 0.2) is 0 Å². The van der Waals surface area contributed by atoms with Gasteiger partial charge >= 0.3 is 0 Å². The van der Waals surface area contributed by atoms with E-state index in [1.165, 1.54) is 0 Å². The zero-order valence-corrected chi connectivity index (χ0v) is 23.0. The summed E-state index contributed by atoms with van der Waals surface area (Å²) in [6.45, 7) is 9.45. The number of anilines is 1. The van der Waals surface area contributed by atoms with E-state index in [-0.39, 0.29) is 24.4 Å². The Balaban J connectivity index is 1.17. The first-order valence-corrected chi connectivity index (χ1v) is 13.9. The average Bonchev–Trinajstić information content (AvgIpc) is 3.35. The van der Waals surface area contributed by atoms with Crippen LogP contribution in [0.25, 0.3) is 16.6 Å². The monoisotopic (exact) mass is 545 g/mol. The quantitative estimate of drug-likeness (QED) is 0.453. The number of amides is 1. The van der Waals surface area contributed by atoms with Crippen molar-refractivity contribution >= 4 is 17.2 Å². The molecule has 4 aliphatic rings. The van der Waals surface area contributed by atoms with Crippen molar-refractivity contribution in [1.29, 1.82) is 5.26 Å². The van der Waals surface area contributed by atoms with E-state index in [2.05, 4.69) is 21.0 Å². The largest absolute Gasteiger partial charge is 0.491 e. The number of ether oxygens (including phenoxy) is 2. The van der Waals surface area contributed by atoms with Gasteiger partial charge in [-0.25, -0.2) is 9.50 Å². The zero-order chi connectivity index (χ0) is 27.9. The number of carbonyl (C=O) groups excluding carboxylic acids is 1. The number of hydrogen-bond acceptors (Lipinski definition) is 9. The molecule has 0 radical (unpaired) electrons. The van der Waals surface area contributed by atoms with Crippen LogP contribution in [-0.4, -0.2) is 106 Å². The molecule has 11 nitrogen and oxygen atoms in total. The highest BCUT2D eigenvalue weighted by Crippen LogP contribution is 2.36. The summed E-state index contributed by atoms with van der Waals surface area (Å²) in [5.74, 6) is 1.55. The second-order valence-electron chi connectivity index (χ2n) is 11.5. The summed E-state index contributed by atoms with van der Waals surface area (Å²) in [4.78, 5) is 23.9. The van der Waals surface area contributed by atoms with Crippen LogP contribution in [-0.2, 0) is 9.53 Å². The van der Waals surface area contributed by atoms with Gasteiger partial charge in [-0.1, -0.05) is 0 Å². The molecule has 0 spiro atoms. The molecule has 11 heteroatoms. The lowest BCUT2D eigenvalue weighted by molar-refractivity contribution is -0.150. The van der Waals surface area contributed by atoms with Crippen LogP contribution in [0.5, 0.6) is 5.75 Å². The van der Waals surface area contributed by atoms with Gasteiger partial charge in [0.25, 0.3) is 0 Å². The lowest BCUT2D eigenvalue weighted by Crippen LogP contribution is -2.70. The molecule has 2 unspecified atom stereocenters. The Kier molecular flexibility index (Phi) is 7.08. The van der Waals surface area contributed by atoms with Crippen molar-refractivity contribution in [3.05, 3.63) is 42.4 Å². The number of piperazine rings is 1. The number of aliphatic hydroxyl groups is 1. The highest BCUT2D eigenvalue weighted by Gasteiger charge is 2.47. The van der Waals surface area contributed by atoms with Crippen LogP contribution in [0, 0.1) is 11.3 Å². The lowest BCUT2D eigenvalue weighted by Gasteiger charge is -2.56. The number of nitriles is 1. The van der Waals surface area contributed by atoms with Crippen LogP contribution in [0.3, 0.4) is 0 Å². The van der Waals surface area contributed by atoms with Gasteiger partial charge < -0.3 is 24.4 Å². The molecule has 4 fully saturated rings. The van der Waals surface area contributed by atoms with Crippen molar-refractivity contribution in [3.8, 4) is 22.9 Å². The van der Waals surface area contributed by atoms with Gasteiger partial charge in [-0.2, -0.15) is 10.4 Å². The molecular weight excluding hydrogens is 510 g/mol. The fourth-order valence-electron chi connectivity index (χ4n) is 5.99. The standard InChI is InChI=1S/C29H35N7O4/c1-29(2,38)13-27(37)36-22-11-23(36)18-34(17-22)26-4-3-20(15-31-26)25-12-24(19-35-28(25)21(14-30)16-32-35)40-10-7-33-5-8-39-9-6-33/h3-4,12,15-16,19,22-23,38H,5-11,13,17-18H2,1-2H3. The van der Waals surface area contributed by atoms with Crippen LogP contribution in [0.1, 0.15) is 32.3 Å². The molecule has 0 aromatic carbocycles. The van der Waals surface area contributed by atoms with E-state index in [0.717, 1.165) is 74.8 Å². The van der Waals surface area contributed by atoms with Crippen LogP contribution < -0.4 is 9.64 Å². The maximum Gasteiger partial charge on any atom is 0.226 e. The summed E-state index contributed by atoms with van der Waals surface area (Å²) in [5, 5.41) is 24.2. The number of morpholine rings is 1. The first-order valence-electron chi connectivity index (χ1n) is 13.9. The van der Waals surface area contributed by atoms with Crippen LogP contribution in [0.4, 0.5) is 5.82 Å². The summed E-state index contributed by atoms with van der Waals surface area (Å²) in [6, 6.07) is 8.50. The summed E-state index contributed by atoms with van der Waals surface area (Å²) in [6.07, 6.45) is 6.33. The third-order valence-electron chi connectivity index (χ3n) is 7.93. The van der Waals surface area contributed by atoms with Gasteiger partial charge in [0, 0.05) is 50.0 Å². The topological polar surface area (TPSA) is 119 Å². The predicted octanol–water partition coefficient (Wildman–Crippen LogP) is 1.93. The number of pyridine rings is 2. The molecule has 0 saturated carbocycles. The average molecular weight is 546 g/mol. The van der Waals surface area contributed by atoms with Gasteiger partial charge in [-0.05, 0) is 38.5 Å². The fraction of sp³-hybridized carbons (Fsp3) is 0.517. The number of carbonyl (C=O) groups is 1. The van der Waals surface area contributed by atoms with Gasteiger partial charge in [0.1, 0.15) is 24.2 Å². The number of rotatable bonds is 8. The maximum absolute atomic E-state index is 12.7. The Hall–Kier alpha value is -3.72. The smallest absolute Gasteiger partial charge is 0.226 e. The van der Waals surface area contributed by atoms with Gasteiger partial charge in [0.2, 0.25) is 5.91 Å². The van der Waals surface area contributed by atoms with E-state index in [0.29, 0.717) is 17.9 Å². The number of aromatic nitrogens is 3. The van der Waals surface area contributed by atoms with Crippen LogP contribution in [0.15, 0.2) is 36.8 Å². The molecule has 7 rings (SSSR count). The minimum absolute atomic E-state index is 0.0156. The molecule has 3 aromatic rings. The van der Waals surface area contributed by atoms with Crippen molar-refractivity contribution in [2.24, 2.45) is 0 Å². The first-order chi connectivity index (χ1) is 19.3. The summed E-state index contributed by atoms with van der Waals surface area (Å²) in [7, 11) is 0. The van der Waals surface area contributed by atoms with Crippen LogP contribution in [0.2, 0.25) is 0 Å². The van der Waals surface area contributed by atoms with Crippen LogP contribution >= 0.6 is 0 Å². The Labute approximate surface area is 233 Å². The Morgan fingerprint density at radius 1 is 1.23 bits per heavy atom. The molecule has 3 aromatic heterocycles. The molecule has 1 amide bonds. The molecule has 7 heterocycles. The molecular formula is C29H35N7O4. The van der Waals surface area contributed by atoms with E-state index < -0.39 is 5.60 Å². The van der Waals surface area contributed by atoms with Gasteiger partial charge in [0.05, 0.1) is 60.8 Å².